The van der Waals surface area contributed by atoms with Gasteiger partial charge in [0.15, 0.2) is 11.5 Å². The minimum atomic E-state index is -0.413. The summed E-state index contributed by atoms with van der Waals surface area (Å²) in [5.41, 5.74) is 1.11. The molecule has 4 nitrogen and oxygen atoms in total. The van der Waals surface area contributed by atoms with Gasteiger partial charge in [-0.1, -0.05) is 0 Å². The number of ether oxygens (including phenoxy) is 2. The number of carbonyl (C=O) groups excluding carboxylic acids is 1. The number of rotatable bonds is 5. The van der Waals surface area contributed by atoms with Crippen molar-refractivity contribution < 1.29 is 18.7 Å². The highest BCUT2D eigenvalue weighted by Gasteiger charge is 2.06. The van der Waals surface area contributed by atoms with Crippen molar-refractivity contribution in [3.05, 3.63) is 53.6 Å². The average molecular weight is 261 g/mol. The number of pyridine rings is 1. The second kappa shape index (κ2) is 5.95. The van der Waals surface area contributed by atoms with Crippen LogP contribution < -0.4 is 9.47 Å². The molecule has 1 aromatic carbocycles. The largest absolute Gasteiger partial charge is 0.493 e. The topological polar surface area (TPSA) is 48.4 Å². The molecule has 0 aliphatic carbocycles. The molecule has 5 heteroatoms. The highest BCUT2D eigenvalue weighted by Crippen LogP contribution is 2.28. The Morgan fingerprint density at radius 1 is 1.26 bits per heavy atom. The van der Waals surface area contributed by atoms with Crippen LogP contribution in [0.4, 0.5) is 4.39 Å². The van der Waals surface area contributed by atoms with Crippen molar-refractivity contribution in [3.63, 3.8) is 0 Å². The predicted octanol–water partition coefficient (Wildman–Crippen LogP) is 2.62. The van der Waals surface area contributed by atoms with Crippen molar-refractivity contribution in [3.8, 4) is 11.5 Å². The van der Waals surface area contributed by atoms with Gasteiger partial charge in [0, 0.05) is 17.3 Å². The third kappa shape index (κ3) is 3.28. The minimum absolute atomic E-state index is 0.168. The molecule has 1 aromatic heterocycles. The number of hydrogen-bond acceptors (Lipinski definition) is 4. The van der Waals surface area contributed by atoms with Gasteiger partial charge in [0.2, 0.25) is 0 Å². The smallest absolute Gasteiger partial charge is 0.161 e. The number of aromatic nitrogens is 1. The molecule has 0 amide bonds. The molecule has 0 saturated heterocycles. The molecule has 0 atom stereocenters. The van der Waals surface area contributed by atoms with Crippen molar-refractivity contribution in [2.24, 2.45) is 0 Å². The van der Waals surface area contributed by atoms with E-state index in [1.807, 2.05) is 0 Å². The van der Waals surface area contributed by atoms with Crippen molar-refractivity contribution >= 4 is 6.29 Å². The van der Waals surface area contributed by atoms with E-state index in [1.165, 1.54) is 19.4 Å². The highest BCUT2D eigenvalue weighted by atomic mass is 19.1. The second-order valence-electron chi connectivity index (χ2n) is 3.83. The second-order valence-corrected chi connectivity index (χ2v) is 3.83. The average Bonchev–Trinajstić information content (AvgIpc) is 2.45. The molecule has 0 aliphatic rings. The number of methoxy groups -OCH3 is 1. The Morgan fingerprint density at radius 3 is 2.79 bits per heavy atom. The molecule has 98 valence electrons. The van der Waals surface area contributed by atoms with Crippen molar-refractivity contribution in [1.82, 2.24) is 4.98 Å². The summed E-state index contributed by atoms with van der Waals surface area (Å²) in [6.07, 6.45) is 3.38. The summed E-state index contributed by atoms with van der Waals surface area (Å²) in [6, 6.07) is 6.18. The van der Waals surface area contributed by atoms with E-state index in [2.05, 4.69) is 4.98 Å². The van der Waals surface area contributed by atoms with Crippen LogP contribution in [0.15, 0.2) is 36.7 Å². The third-order valence-electron chi connectivity index (χ3n) is 2.48. The highest BCUT2D eigenvalue weighted by molar-refractivity contribution is 5.76. The summed E-state index contributed by atoms with van der Waals surface area (Å²) in [4.78, 5) is 14.4. The Balaban J connectivity index is 2.13. The number of benzene rings is 1. The lowest BCUT2D eigenvalue weighted by molar-refractivity contribution is 0.112. The molecule has 0 aliphatic heterocycles. The van der Waals surface area contributed by atoms with Crippen molar-refractivity contribution in [1.29, 1.82) is 0 Å². The molecule has 2 rings (SSSR count). The fourth-order valence-electron chi connectivity index (χ4n) is 1.57. The Kier molecular flexibility index (Phi) is 4.07. The maximum atomic E-state index is 13.0. The van der Waals surface area contributed by atoms with Gasteiger partial charge < -0.3 is 9.47 Å². The van der Waals surface area contributed by atoms with Gasteiger partial charge in [0.05, 0.1) is 13.3 Å². The molecule has 0 fully saturated rings. The zero-order chi connectivity index (χ0) is 13.7. The minimum Gasteiger partial charge on any atom is -0.493 e. The van der Waals surface area contributed by atoms with E-state index in [9.17, 15) is 9.18 Å². The number of nitrogens with zero attached hydrogens (tertiary/aromatic N) is 1. The van der Waals surface area contributed by atoms with Gasteiger partial charge in [-0.05, 0) is 24.3 Å². The number of carbonyl (C=O) groups is 1. The summed E-state index contributed by atoms with van der Waals surface area (Å²) < 4.78 is 23.6. The quantitative estimate of drug-likeness (QED) is 0.776. The lowest BCUT2D eigenvalue weighted by Gasteiger charge is -2.10. The molecule has 2 aromatic rings. The van der Waals surface area contributed by atoms with Crippen LogP contribution in [-0.4, -0.2) is 18.4 Å². The molecule has 0 N–H and O–H groups in total. The zero-order valence-corrected chi connectivity index (χ0v) is 10.3. The van der Waals surface area contributed by atoms with Crippen LogP contribution in [0.1, 0.15) is 15.9 Å². The molecular formula is C14H12FNO3. The van der Waals surface area contributed by atoms with Gasteiger partial charge in [0.1, 0.15) is 18.7 Å². The lowest BCUT2D eigenvalue weighted by Crippen LogP contribution is -1.99. The Morgan fingerprint density at radius 2 is 2.11 bits per heavy atom. The maximum absolute atomic E-state index is 13.0. The van der Waals surface area contributed by atoms with Crippen LogP contribution in [-0.2, 0) is 6.61 Å². The van der Waals surface area contributed by atoms with E-state index in [-0.39, 0.29) is 6.61 Å². The summed E-state index contributed by atoms with van der Waals surface area (Å²) in [5.74, 6) is 0.524. The third-order valence-corrected chi connectivity index (χ3v) is 2.48. The van der Waals surface area contributed by atoms with E-state index in [0.717, 1.165) is 12.5 Å². The van der Waals surface area contributed by atoms with Gasteiger partial charge in [-0.3, -0.25) is 9.78 Å². The molecule has 0 saturated carbocycles. The van der Waals surface area contributed by atoms with E-state index < -0.39 is 5.82 Å². The maximum Gasteiger partial charge on any atom is 0.161 e. The van der Waals surface area contributed by atoms with Gasteiger partial charge in [0.25, 0.3) is 0 Å². The van der Waals surface area contributed by atoms with Gasteiger partial charge in [-0.2, -0.15) is 0 Å². The van der Waals surface area contributed by atoms with E-state index in [0.29, 0.717) is 22.6 Å². The molecule has 0 radical (unpaired) electrons. The fourth-order valence-corrected chi connectivity index (χ4v) is 1.57. The Labute approximate surface area is 109 Å². The van der Waals surface area contributed by atoms with Crippen LogP contribution >= 0.6 is 0 Å². The van der Waals surface area contributed by atoms with Crippen LogP contribution in [0.3, 0.4) is 0 Å². The number of halogens is 1. The first kappa shape index (κ1) is 13.0. The first-order valence-electron chi connectivity index (χ1n) is 5.58. The number of hydrogen-bond donors (Lipinski definition) is 0. The standard InChI is InChI=1S/C14H12FNO3/c1-18-14-5-10(8-17)2-3-13(14)19-9-11-4-12(15)7-16-6-11/h2-8H,9H2,1H3. The van der Waals surface area contributed by atoms with Gasteiger partial charge in [-0.15, -0.1) is 0 Å². The van der Waals surface area contributed by atoms with Crippen LogP contribution in [0.5, 0.6) is 11.5 Å². The Bertz CT molecular complexity index is 587. The molecule has 0 unspecified atom stereocenters. The lowest BCUT2D eigenvalue weighted by atomic mass is 10.2. The molecular weight excluding hydrogens is 249 g/mol. The predicted molar refractivity (Wildman–Crippen MR) is 66.9 cm³/mol. The van der Waals surface area contributed by atoms with Gasteiger partial charge in [-0.25, -0.2) is 4.39 Å². The summed E-state index contributed by atoms with van der Waals surface area (Å²) in [7, 11) is 1.49. The zero-order valence-electron chi connectivity index (χ0n) is 10.3. The van der Waals surface area contributed by atoms with E-state index >= 15 is 0 Å². The first-order valence-corrected chi connectivity index (χ1v) is 5.58. The van der Waals surface area contributed by atoms with Crippen molar-refractivity contribution in [2.45, 2.75) is 6.61 Å². The van der Waals surface area contributed by atoms with Crippen LogP contribution in [0.2, 0.25) is 0 Å². The number of aldehydes is 1. The van der Waals surface area contributed by atoms with E-state index in [1.54, 1.807) is 18.2 Å². The normalized spacial score (nSPS) is 10.0. The molecule has 0 spiro atoms. The van der Waals surface area contributed by atoms with E-state index in [4.69, 9.17) is 9.47 Å². The molecule has 0 bridgehead atoms. The van der Waals surface area contributed by atoms with Crippen LogP contribution in [0, 0.1) is 5.82 Å². The first-order chi connectivity index (χ1) is 9.22. The SMILES string of the molecule is COc1cc(C=O)ccc1OCc1cncc(F)c1. The van der Waals surface area contributed by atoms with Crippen molar-refractivity contribution in [2.75, 3.05) is 7.11 Å². The van der Waals surface area contributed by atoms with Gasteiger partial charge >= 0.3 is 0 Å². The van der Waals surface area contributed by atoms with Crippen LogP contribution in [0.25, 0.3) is 0 Å². The Hall–Kier alpha value is -2.43. The fraction of sp³-hybridized carbons (Fsp3) is 0.143. The summed E-state index contributed by atoms with van der Waals surface area (Å²) in [6.45, 7) is 0.168. The summed E-state index contributed by atoms with van der Waals surface area (Å²) in [5, 5.41) is 0. The summed E-state index contributed by atoms with van der Waals surface area (Å²) >= 11 is 0. The monoisotopic (exact) mass is 261 g/mol. The molecule has 1 heterocycles. The molecule has 19 heavy (non-hydrogen) atoms.